The maximum absolute atomic E-state index is 12.1. The molecule has 3 N–H and O–H groups in total. The van der Waals surface area contributed by atoms with Crippen molar-refractivity contribution in [3.05, 3.63) is 11.9 Å². The number of nitrogens with two attached hydrogens (primary N) is 1. The summed E-state index contributed by atoms with van der Waals surface area (Å²) < 4.78 is 1.58. The van der Waals surface area contributed by atoms with Gasteiger partial charge in [0.05, 0.1) is 12.7 Å². The average molecular weight is 253 g/mol. The molecule has 18 heavy (non-hydrogen) atoms. The molecular weight excluding hydrogens is 234 g/mol. The molecule has 0 radical (unpaired) electrons. The third-order valence-electron chi connectivity index (χ3n) is 3.23. The SMILES string of the molecule is NCCn1cc(C(=O)N2CCC(CCO)C2)nn1. The summed E-state index contributed by atoms with van der Waals surface area (Å²) in [6, 6.07) is 0. The maximum Gasteiger partial charge on any atom is 0.276 e. The first-order chi connectivity index (χ1) is 8.74. The molecular formula is C11H19N5O2. The number of rotatable bonds is 5. The van der Waals surface area contributed by atoms with Crippen molar-refractivity contribution >= 4 is 5.91 Å². The molecule has 1 fully saturated rings. The molecule has 1 aromatic rings. The number of carbonyl (C=O) groups is 1. The van der Waals surface area contributed by atoms with Gasteiger partial charge in [-0.05, 0) is 18.8 Å². The molecule has 1 aliphatic rings. The van der Waals surface area contributed by atoms with E-state index in [4.69, 9.17) is 10.8 Å². The number of aliphatic hydroxyl groups is 1. The number of likely N-dealkylation sites (tertiary alicyclic amines) is 1. The second-order valence-corrected chi connectivity index (χ2v) is 4.57. The van der Waals surface area contributed by atoms with Gasteiger partial charge in [0.25, 0.3) is 5.91 Å². The predicted octanol–water partition coefficient (Wildman–Crippen LogP) is -0.919. The molecule has 0 saturated carbocycles. The minimum Gasteiger partial charge on any atom is -0.396 e. The number of amides is 1. The summed E-state index contributed by atoms with van der Waals surface area (Å²) in [4.78, 5) is 13.9. The summed E-state index contributed by atoms with van der Waals surface area (Å²) in [5.41, 5.74) is 5.78. The zero-order valence-corrected chi connectivity index (χ0v) is 10.3. The molecule has 2 rings (SSSR count). The lowest BCUT2D eigenvalue weighted by atomic mass is 10.1. The smallest absolute Gasteiger partial charge is 0.276 e. The normalized spacial score (nSPS) is 19.4. The van der Waals surface area contributed by atoms with Crippen LogP contribution in [0.5, 0.6) is 0 Å². The highest BCUT2D eigenvalue weighted by Gasteiger charge is 2.27. The first-order valence-electron chi connectivity index (χ1n) is 6.25. The molecule has 2 heterocycles. The summed E-state index contributed by atoms with van der Waals surface area (Å²) in [7, 11) is 0. The topological polar surface area (TPSA) is 97.3 Å². The van der Waals surface area contributed by atoms with Crippen LogP contribution in [-0.4, -0.2) is 57.1 Å². The first kappa shape index (κ1) is 13.0. The van der Waals surface area contributed by atoms with E-state index in [0.29, 0.717) is 31.2 Å². The largest absolute Gasteiger partial charge is 0.396 e. The maximum atomic E-state index is 12.1. The van der Waals surface area contributed by atoms with Crippen molar-refractivity contribution in [3.63, 3.8) is 0 Å². The van der Waals surface area contributed by atoms with Crippen molar-refractivity contribution in [1.29, 1.82) is 0 Å². The molecule has 0 aromatic carbocycles. The molecule has 1 atom stereocenters. The van der Waals surface area contributed by atoms with Gasteiger partial charge in [-0.2, -0.15) is 0 Å². The summed E-state index contributed by atoms with van der Waals surface area (Å²) in [5.74, 6) is 0.316. The third kappa shape index (κ3) is 2.85. The number of hydrogen-bond donors (Lipinski definition) is 2. The Bertz CT molecular complexity index is 406. The highest BCUT2D eigenvalue weighted by Crippen LogP contribution is 2.20. The fraction of sp³-hybridized carbons (Fsp3) is 0.727. The lowest BCUT2D eigenvalue weighted by molar-refractivity contribution is 0.0779. The molecule has 7 heteroatoms. The third-order valence-corrected chi connectivity index (χ3v) is 3.23. The van der Waals surface area contributed by atoms with Gasteiger partial charge in [-0.25, -0.2) is 0 Å². The van der Waals surface area contributed by atoms with E-state index >= 15 is 0 Å². The van der Waals surface area contributed by atoms with Crippen molar-refractivity contribution in [2.24, 2.45) is 11.7 Å². The van der Waals surface area contributed by atoms with Crippen LogP contribution in [0.2, 0.25) is 0 Å². The Morgan fingerprint density at radius 3 is 3.17 bits per heavy atom. The minimum absolute atomic E-state index is 0.0845. The van der Waals surface area contributed by atoms with Gasteiger partial charge in [-0.15, -0.1) is 5.10 Å². The average Bonchev–Trinajstić information content (AvgIpc) is 2.98. The minimum atomic E-state index is -0.0845. The van der Waals surface area contributed by atoms with Crippen LogP contribution in [0.1, 0.15) is 23.3 Å². The van der Waals surface area contributed by atoms with Crippen LogP contribution in [0, 0.1) is 5.92 Å². The molecule has 100 valence electrons. The molecule has 1 aliphatic heterocycles. The molecule has 0 aliphatic carbocycles. The number of carbonyl (C=O) groups excluding carboxylic acids is 1. The molecule has 0 spiro atoms. The molecule has 0 bridgehead atoms. The lowest BCUT2D eigenvalue weighted by Gasteiger charge is -2.14. The highest BCUT2D eigenvalue weighted by atomic mass is 16.3. The molecule has 7 nitrogen and oxygen atoms in total. The van der Waals surface area contributed by atoms with Crippen LogP contribution < -0.4 is 5.73 Å². The van der Waals surface area contributed by atoms with E-state index in [1.165, 1.54) is 0 Å². The molecule has 1 unspecified atom stereocenters. The van der Waals surface area contributed by atoms with E-state index < -0.39 is 0 Å². The quantitative estimate of drug-likeness (QED) is 0.707. The van der Waals surface area contributed by atoms with Crippen molar-refractivity contribution < 1.29 is 9.90 Å². The fourth-order valence-corrected chi connectivity index (χ4v) is 2.24. The summed E-state index contributed by atoms with van der Waals surface area (Å²) >= 11 is 0. The predicted molar refractivity (Wildman–Crippen MR) is 64.8 cm³/mol. The number of nitrogens with zero attached hydrogens (tertiary/aromatic N) is 4. The van der Waals surface area contributed by atoms with Gasteiger partial charge in [0, 0.05) is 26.2 Å². The summed E-state index contributed by atoms with van der Waals surface area (Å²) in [6.45, 7) is 2.64. The zero-order valence-electron chi connectivity index (χ0n) is 10.3. The molecule has 1 amide bonds. The van der Waals surface area contributed by atoms with E-state index in [0.717, 1.165) is 19.4 Å². The van der Waals surface area contributed by atoms with Crippen LogP contribution in [-0.2, 0) is 6.54 Å². The van der Waals surface area contributed by atoms with E-state index in [2.05, 4.69) is 10.3 Å². The van der Waals surface area contributed by atoms with Gasteiger partial charge in [0.2, 0.25) is 0 Å². The van der Waals surface area contributed by atoms with Crippen LogP contribution in [0.25, 0.3) is 0 Å². The zero-order chi connectivity index (χ0) is 13.0. The first-order valence-corrected chi connectivity index (χ1v) is 6.25. The van der Waals surface area contributed by atoms with Gasteiger partial charge in [0.1, 0.15) is 0 Å². The number of aromatic nitrogens is 3. The highest BCUT2D eigenvalue weighted by molar-refractivity contribution is 5.92. The van der Waals surface area contributed by atoms with Gasteiger partial charge in [0.15, 0.2) is 5.69 Å². The van der Waals surface area contributed by atoms with Gasteiger partial charge in [-0.1, -0.05) is 5.21 Å². The van der Waals surface area contributed by atoms with E-state index in [1.807, 2.05) is 0 Å². The van der Waals surface area contributed by atoms with E-state index in [1.54, 1.807) is 15.8 Å². The second-order valence-electron chi connectivity index (χ2n) is 4.57. The van der Waals surface area contributed by atoms with E-state index in [-0.39, 0.29) is 12.5 Å². The standard InChI is InChI=1S/C11H19N5O2/c12-3-5-16-8-10(13-14-16)11(18)15-4-1-9(7-15)2-6-17/h8-9,17H,1-7,12H2. The van der Waals surface area contributed by atoms with Crippen molar-refractivity contribution in [2.75, 3.05) is 26.2 Å². The van der Waals surface area contributed by atoms with Crippen molar-refractivity contribution in [3.8, 4) is 0 Å². The second kappa shape index (κ2) is 5.92. The summed E-state index contributed by atoms with van der Waals surface area (Å²) in [5, 5.41) is 16.6. The van der Waals surface area contributed by atoms with Crippen molar-refractivity contribution in [1.82, 2.24) is 19.9 Å². The lowest BCUT2D eigenvalue weighted by Crippen LogP contribution is -2.29. The van der Waals surface area contributed by atoms with Gasteiger partial charge >= 0.3 is 0 Å². The van der Waals surface area contributed by atoms with Crippen LogP contribution >= 0.6 is 0 Å². The Morgan fingerprint density at radius 2 is 2.44 bits per heavy atom. The Labute approximate surface area is 106 Å². The van der Waals surface area contributed by atoms with Gasteiger partial charge < -0.3 is 15.7 Å². The Balaban J connectivity index is 1.94. The summed E-state index contributed by atoms with van der Waals surface area (Å²) in [6.07, 6.45) is 3.33. The molecule has 1 saturated heterocycles. The Kier molecular flexibility index (Phi) is 4.27. The number of hydrogen-bond acceptors (Lipinski definition) is 5. The van der Waals surface area contributed by atoms with Crippen LogP contribution in [0.15, 0.2) is 6.20 Å². The van der Waals surface area contributed by atoms with Crippen LogP contribution in [0.3, 0.4) is 0 Å². The monoisotopic (exact) mass is 253 g/mol. The van der Waals surface area contributed by atoms with Crippen LogP contribution in [0.4, 0.5) is 0 Å². The Hall–Kier alpha value is -1.47. The van der Waals surface area contributed by atoms with Gasteiger partial charge in [-0.3, -0.25) is 9.48 Å². The number of aliphatic hydroxyl groups excluding tert-OH is 1. The molecule has 1 aromatic heterocycles. The van der Waals surface area contributed by atoms with Crippen molar-refractivity contribution in [2.45, 2.75) is 19.4 Å². The Morgan fingerprint density at radius 1 is 1.61 bits per heavy atom. The fourth-order valence-electron chi connectivity index (χ4n) is 2.24. The van der Waals surface area contributed by atoms with E-state index in [9.17, 15) is 4.79 Å².